The lowest BCUT2D eigenvalue weighted by atomic mass is 10.0. The standard InChI is InChI=1S/C54H42N6Si/c1-35-36(2)51(38(4)55-37(35)3)52-56-53(59-47-29-17-14-26-43(47)44-27-15-18-30-48(44)59)58-54(57-52)60-49-31-19-16-28-45(49)46-34-42(32-33-50(46)60)61(39-20-8-5-9-21-39,40-22-10-6-11-23-40)41-24-12-7-13-25-41/h5-34H,1-4H3. The Kier molecular flexibility index (Phi) is 8.61. The van der Waals surface area contributed by atoms with Gasteiger partial charge in [0.2, 0.25) is 11.9 Å². The van der Waals surface area contributed by atoms with Crippen molar-refractivity contribution in [3.8, 4) is 23.3 Å². The third-order valence-corrected chi connectivity index (χ3v) is 17.5. The van der Waals surface area contributed by atoms with Crippen LogP contribution in [0.1, 0.15) is 22.5 Å². The van der Waals surface area contributed by atoms with Crippen LogP contribution in [0.4, 0.5) is 0 Å². The van der Waals surface area contributed by atoms with Crippen molar-refractivity contribution in [1.29, 1.82) is 0 Å². The maximum Gasteiger partial charge on any atom is 0.240 e. The molecule has 0 saturated heterocycles. The van der Waals surface area contributed by atoms with Gasteiger partial charge in [0.1, 0.15) is 0 Å². The minimum absolute atomic E-state index is 0.551. The average molecular weight is 803 g/mol. The van der Waals surface area contributed by atoms with E-state index in [4.69, 9.17) is 19.9 Å². The number of para-hydroxylation sites is 3. The maximum absolute atomic E-state index is 5.45. The lowest BCUT2D eigenvalue weighted by Gasteiger charge is -2.34. The highest BCUT2D eigenvalue weighted by Gasteiger charge is 2.41. The number of rotatable bonds is 7. The number of pyridine rings is 1. The molecule has 0 bridgehead atoms. The van der Waals surface area contributed by atoms with Gasteiger partial charge in [-0.3, -0.25) is 14.1 Å². The molecule has 11 rings (SSSR count). The minimum atomic E-state index is -2.81. The van der Waals surface area contributed by atoms with Crippen LogP contribution in [0.25, 0.3) is 66.9 Å². The maximum atomic E-state index is 5.45. The van der Waals surface area contributed by atoms with E-state index < -0.39 is 8.07 Å². The molecule has 0 spiro atoms. The van der Waals surface area contributed by atoms with Crippen molar-refractivity contribution in [2.75, 3.05) is 0 Å². The first kappa shape index (κ1) is 36.6. The molecule has 61 heavy (non-hydrogen) atoms. The van der Waals surface area contributed by atoms with Gasteiger partial charge in [0.15, 0.2) is 13.9 Å². The summed E-state index contributed by atoms with van der Waals surface area (Å²) in [6.45, 7) is 8.41. The molecule has 0 radical (unpaired) electrons. The van der Waals surface area contributed by atoms with Crippen molar-refractivity contribution in [3.63, 3.8) is 0 Å². The van der Waals surface area contributed by atoms with Gasteiger partial charge in [-0.1, -0.05) is 158 Å². The second-order valence-corrected chi connectivity index (χ2v) is 19.8. The lowest BCUT2D eigenvalue weighted by molar-refractivity contribution is 0.888. The third-order valence-electron chi connectivity index (χ3n) is 12.7. The first-order valence-corrected chi connectivity index (χ1v) is 22.8. The van der Waals surface area contributed by atoms with Crippen LogP contribution < -0.4 is 20.7 Å². The molecule has 0 unspecified atom stereocenters. The van der Waals surface area contributed by atoms with E-state index in [9.17, 15) is 0 Å². The zero-order valence-corrected chi connectivity index (χ0v) is 35.5. The Morgan fingerprint density at radius 2 is 0.754 bits per heavy atom. The van der Waals surface area contributed by atoms with Gasteiger partial charge in [0.25, 0.3) is 0 Å². The topological polar surface area (TPSA) is 61.4 Å². The van der Waals surface area contributed by atoms with E-state index in [1.807, 2.05) is 0 Å². The van der Waals surface area contributed by atoms with Gasteiger partial charge in [0.05, 0.1) is 22.1 Å². The molecule has 0 N–H and O–H groups in total. The normalized spacial score (nSPS) is 11.9. The molecule has 0 atom stereocenters. The summed E-state index contributed by atoms with van der Waals surface area (Å²) in [5.41, 5.74) is 9.21. The molecular weight excluding hydrogens is 761 g/mol. The predicted molar refractivity (Wildman–Crippen MR) is 254 cm³/mol. The molecule has 292 valence electrons. The summed E-state index contributed by atoms with van der Waals surface area (Å²) >= 11 is 0. The number of nitrogens with zero attached hydrogens (tertiary/aromatic N) is 6. The molecule has 0 aliphatic carbocycles. The number of fused-ring (bicyclic) bond motifs is 6. The van der Waals surface area contributed by atoms with Crippen LogP contribution in [0.2, 0.25) is 0 Å². The van der Waals surface area contributed by atoms with Crippen molar-refractivity contribution >= 4 is 72.4 Å². The minimum Gasteiger partial charge on any atom is -0.278 e. The lowest BCUT2D eigenvalue weighted by Crippen LogP contribution is -2.74. The van der Waals surface area contributed by atoms with E-state index in [1.165, 1.54) is 20.7 Å². The van der Waals surface area contributed by atoms with Gasteiger partial charge < -0.3 is 0 Å². The van der Waals surface area contributed by atoms with Gasteiger partial charge in [-0.2, -0.15) is 15.0 Å². The number of hydrogen-bond acceptors (Lipinski definition) is 4. The van der Waals surface area contributed by atoms with Crippen molar-refractivity contribution in [1.82, 2.24) is 29.1 Å². The molecule has 11 aromatic rings. The molecule has 7 aromatic carbocycles. The molecule has 0 saturated carbocycles. The second kappa shape index (κ2) is 14.4. The Hall–Kier alpha value is -7.48. The highest BCUT2D eigenvalue weighted by molar-refractivity contribution is 7.20. The summed E-state index contributed by atoms with van der Waals surface area (Å²) in [6, 6.07) is 66.0. The molecule has 0 aliphatic rings. The summed E-state index contributed by atoms with van der Waals surface area (Å²) in [5.74, 6) is 1.70. The molecule has 4 aromatic heterocycles. The summed E-state index contributed by atoms with van der Waals surface area (Å²) in [4.78, 5) is 21.2. The zero-order chi connectivity index (χ0) is 41.2. The van der Waals surface area contributed by atoms with Crippen molar-refractivity contribution in [2.45, 2.75) is 27.7 Å². The summed E-state index contributed by atoms with van der Waals surface area (Å²) in [7, 11) is -2.81. The van der Waals surface area contributed by atoms with E-state index in [-0.39, 0.29) is 0 Å². The fourth-order valence-corrected chi connectivity index (χ4v) is 14.5. The van der Waals surface area contributed by atoms with E-state index in [0.29, 0.717) is 17.7 Å². The van der Waals surface area contributed by atoms with Gasteiger partial charge in [-0.25, -0.2) is 0 Å². The molecule has 7 heteroatoms. The van der Waals surface area contributed by atoms with Gasteiger partial charge in [0, 0.05) is 38.5 Å². The van der Waals surface area contributed by atoms with Crippen LogP contribution in [0.5, 0.6) is 0 Å². The predicted octanol–water partition coefficient (Wildman–Crippen LogP) is 9.74. The second-order valence-electron chi connectivity index (χ2n) is 16.0. The molecule has 6 nitrogen and oxygen atoms in total. The van der Waals surface area contributed by atoms with Crippen LogP contribution in [-0.4, -0.2) is 37.1 Å². The highest BCUT2D eigenvalue weighted by Crippen LogP contribution is 2.35. The Balaban J connectivity index is 1.23. The van der Waals surface area contributed by atoms with E-state index >= 15 is 0 Å². The van der Waals surface area contributed by atoms with Crippen molar-refractivity contribution in [3.05, 3.63) is 205 Å². The van der Waals surface area contributed by atoms with E-state index in [0.717, 1.165) is 71.7 Å². The fraction of sp³-hybridized carbons (Fsp3) is 0.0741. The molecule has 4 heterocycles. The monoisotopic (exact) mass is 802 g/mol. The Bertz CT molecular complexity index is 3310. The Morgan fingerprint density at radius 1 is 0.344 bits per heavy atom. The summed E-state index contributed by atoms with van der Waals surface area (Å²) in [5, 5.41) is 9.89. The van der Waals surface area contributed by atoms with Crippen molar-refractivity contribution < 1.29 is 0 Å². The number of hydrogen-bond donors (Lipinski definition) is 0. The molecular formula is C54H42N6Si. The molecule has 0 aliphatic heterocycles. The Morgan fingerprint density at radius 3 is 1.23 bits per heavy atom. The highest BCUT2D eigenvalue weighted by atomic mass is 28.3. The first-order valence-electron chi connectivity index (χ1n) is 20.8. The fourth-order valence-electron chi connectivity index (χ4n) is 9.74. The zero-order valence-electron chi connectivity index (χ0n) is 34.5. The molecule has 0 amide bonds. The Labute approximate surface area is 355 Å². The van der Waals surface area contributed by atoms with Crippen LogP contribution in [0.3, 0.4) is 0 Å². The number of aryl methyl sites for hydroxylation is 2. The van der Waals surface area contributed by atoms with Crippen LogP contribution >= 0.6 is 0 Å². The largest absolute Gasteiger partial charge is 0.278 e. The smallest absolute Gasteiger partial charge is 0.240 e. The number of benzene rings is 7. The summed E-state index contributed by atoms with van der Waals surface area (Å²) in [6.07, 6.45) is 0. The quantitative estimate of drug-likeness (QED) is 0.119. The van der Waals surface area contributed by atoms with Crippen LogP contribution in [0, 0.1) is 27.7 Å². The first-order chi connectivity index (χ1) is 29.9. The molecule has 0 fully saturated rings. The third kappa shape index (κ3) is 5.61. The summed E-state index contributed by atoms with van der Waals surface area (Å²) < 4.78 is 4.41. The van der Waals surface area contributed by atoms with Crippen LogP contribution in [0.15, 0.2) is 182 Å². The van der Waals surface area contributed by atoms with Gasteiger partial charge >= 0.3 is 0 Å². The van der Waals surface area contributed by atoms with Gasteiger partial charge in [-0.15, -0.1) is 0 Å². The van der Waals surface area contributed by atoms with E-state index in [1.54, 1.807) is 0 Å². The average Bonchev–Trinajstić information content (AvgIpc) is 3.82. The van der Waals surface area contributed by atoms with E-state index in [2.05, 4.69) is 219 Å². The van der Waals surface area contributed by atoms with Crippen molar-refractivity contribution in [2.24, 2.45) is 0 Å². The van der Waals surface area contributed by atoms with Crippen LogP contribution in [-0.2, 0) is 0 Å². The SMILES string of the molecule is Cc1nc(C)c(-c2nc(-n3c4ccccc4c4ccccc43)nc(-n3c4ccccc4c4cc([Si](c5ccccc5)(c5ccccc5)c5ccccc5)ccc43)n2)c(C)c1C. The number of aromatic nitrogens is 6. The van der Waals surface area contributed by atoms with Gasteiger partial charge in [-0.05, 0) is 83.8 Å².